The van der Waals surface area contributed by atoms with E-state index in [-0.39, 0.29) is 18.0 Å². The summed E-state index contributed by atoms with van der Waals surface area (Å²) in [5.41, 5.74) is 4.83. The Morgan fingerprint density at radius 3 is 2.64 bits per heavy atom. The zero-order valence-electron chi connectivity index (χ0n) is 14.7. The van der Waals surface area contributed by atoms with Gasteiger partial charge in [-0.3, -0.25) is 9.69 Å². The summed E-state index contributed by atoms with van der Waals surface area (Å²) in [4.78, 5) is 17.8. The Hall–Kier alpha value is -1.36. The van der Waals surface area contributed by atoms with E-state index >= 15 is 0 Å². The van der Waals surface area contributed by atoms with Gasteiger partial charge in [0.2, 0.25) is 0 Å². The first kappa shape index (κ1) is 18.4. The Kier molecular flexibility index (Phi) is 6.15. The minimum atomic E-state index is 0. The van der Waals surface area contributed by atoms with Crippen LogP contribution in [-0.4, -0.2) is 42.7 Å². The molecule has 1 aliphatic heterocycles. The summed E-state index contributed by atoms with van der Waals surface area (Å²) < 4.78 is 5.40. The molecule has 1 fully saturated rings. The molecule has 2 aromatic rings. The van der Waals surface area contributed by atoms with Crippen LogP contribution in [0.5, 0.6) is 0 Å². The lowest BCUT2D eigenvalue weighted by molar-refractivity contribution is 0.0375. The van der Waals surface area contributed by atoms with Gasteiger partial charge in [0, 0.05) is 29.6 Å². The Balaban J connectivity index is 0.00000182. The number of morpholine rings is 1. The topological polar surface area (TPSA) is 45.3 Å². The van der Waals surface area contributed by atoms with Crippen molar-refractivity contribution in [3.63, 3.8) is 0 Å². The lowest BCUT2D eigenvalue weighted by Crippen LogP contribution is -2.36. The van der Waals surface area contributed by atoms with Gasteiger partial charge in [-0.15, -0.1) is 12.4 Å². The largest absolute Gasteiger partial charge is 0.379 e. The third-order valence-corrected chi connectivity index (χ3v) is 5.44. The number of hydrogen-bond acceptors (Lipinski definition) is 3. The minimum Gasteiger partial charge on any atom is -0.379 e. The van der Waals surface area contributed by atoms with Crippen LogP contribution in [-0.2, 0) is 24.0 Å². The third-order valence-electron chi connectivity index (χ3n) is 5.44. The Labute approximate surface area is 155 Å². The molecule has 5 heteroatoms. The molecule has 4 nitrogen and oxygen atoms in total. The van der Waals surface area contributed by atoms with Crippen LogP contribution in [0.1, 0.15) is 36.0 Å². The van der Waals surface area contributed by atoms with Crippen molar-refractivity contribution in [2.45, 2.75) is 38.5 Å². The van der Waals surface area contributed by atoms with Crippen molar-refractivity contribution in [2.24, 2.45) is 0 Å². The van der Waals surface area contributed by atoms with Gasteiger partial charge in [0.05, 0.1) is 13.2 Å². The van der Waals surface area contributed by atoms with Crippen LogP contribution in [0.3, 0.4) is 0 Å². The van der Waals surface area contributed by atoms with Gasteiger partial charge in [0.25, 0.3) is 5.56 Å². The minimum absolute atomic E-state index is 0. The first-order valence-electron chi connectivity index (χ1n) is 9.28. The monoisotopic (exact) mass is 362 g/mol. The van der Waals surface area contributed by atoms with E-state index in [0.717, 1.165) is 69.6 Å². The number of ether oxygens (including phenoxy) is 1. The first-order chi connectivity index (χ1) is 11.8. The maximum atomic E-state index is 12.2. The fraction of sp³-hybridized carbons (Fsp3) is 0.550. The van der Waals surface area contributed by atoms with Crippen LogP contribution in [0.25, 0.3) is 10.9 Å². The van der Waals surface area contributed by atoms with E-state index in [0.29, 0.717) is 0 Å². The predicted octanol–water partition coefficient (Wildman–Crippen LogP) is 3.09. The van der Waals surface area contributed by atoms with Crippen LogP contribution < -0.4 is 5.56 Å². The number of pyridine rings is 1. The van der Waals surface area contributed by atoms with Crippen molar-refractivity contribution in [2.75, 3.05) is 32.8 Å². The maximum Gasteiger partial charge on any atom is 0.251 e. The number of nitrogens with zero attached hydrogens (tertiary/aromatic N) is 1. The maximum absolute atomic E-state index is 12.2. The average Bonchev–Trinajstić information content (AvgIpc) is 2.63. The van der Waals surface area contributed by atoms with Gasteiger partial charge in [-0.25, -0.2) is 0 Å². The summed E-state index contributed by atoms with van der Waals surface area (Å²) in [5.74, 6) is 0. The first-order valence-corrected chi connectivity index (χ1v) is 9.28. The summed E-state index contributed by atoms with van der Waals surface area (Å²) in [7, 11) is 0. The molecule has 1 aromatic carbocycles. The van der Waals surface area contributed by atoms with Gasteiger partial charge < -0.3 is 9.72 Å². The second kappa shape index (κ2) is 8.35. The number of aromatic nitrogens is 1. The van der Waals surface area contributed by atoms with Crippen LogP contribution in [0.4, 0.5) is 0 Å². The normalized spacial score (nSPS) is 17.9. The van der Waals surface area contributed by atoms with E-state index in [4.69, 9.17) is 4.74 Å². The number of fused-ring (bicyclic) bond motifs is 3. The van der Waals surface area contributed by atoms with Crippen LogP contribution >= 0.6 is 12.4 Å². The van der Waals surface area contributed by atoms with Gasteiger partial charge in [-0.05, 0) is 68.3 Å². The highest BCUT2D eigenvalue weighted by molar-refractivity contribution is 5.85. The highest BCUT2D eigenvalue weighted by Crippen LogP contribution is 2.26. The van der Waals surface area contributed by atoms with E-state index in [1.807, 2.05) is 0 Å². The molecule has 0 amide bonds. The number of H-pyrrole nitrogens is 1. The molecule has 0 spiro atoms. The summed E-state index contributed by atoms with van der Waals surface area (Å²) in [6, 6.07) is 6.58. The molecule has 0 saturated carbocycles. The van der Waals surface area contributed by atoms with Crippen LogP contribution in [0.2, 0.25) is 0 Å². The average molecular weight is 363 g/mol. The number of nitrogens with one attached hydrogen (secondary N) is 1. The lowest BCUT2D eigenvalue weighted by atomic mass is 9.89. The molecule has 136 valence electrons. The van der Waals surface area contributed by atoms with Crippen molar-refractivity contribution < 1.29 is 4.74 Å². The molecule has 1 saturated heterocycles. The number of aryl methyl sites for hydroxylation is 2. The molecular weight excluding hydrogens is 336 g/mol. The molecule has 0 unspecified atom stereocenters. The fourth-order valence-electron chi connectivity index (χ4n) is 4.09. The smallest absolute Gasteiger partial charge is 0.251 e. The molecule has 0 bridgehead atoms. The fourth-order valence-corrected chi connectivity index (χ4v) is 4.09. The zero-order valence-corrected chi connectivity index (χ0v) is 15.5. The number of hydrogen-bond donors (Lipinski definition) is 1. The van der Waals surface area contributed by atoms with Gasteiger partial charge >= 0.3 is 0 Å². The van der Waals surface area contributed by atoms with Crippen LogP contribution in [0.15, 0.2) is 23.0 Å². The number of halogens is 1. The number of benzene rings is 1. The van der Waals surface area contributed by atoms with Gasteiger partial charge in [-0.1, -0.05) is 6.07 Å². The SMILES string of the molecule is Cl.O=c1[nH]c2ccc(CCCN3CCOCC3)cc2c2c1CCCC2. The predicted molar refractivity (Wildman–Crippen MR) is 104 cm³/mol. The molecular formula is C20H27ClN2O2. The van der Waals surface area contributed by atoms with Crippen molar-refractivity contribution in [1.29, 1.82) is 0 Å². The summed E-state index contributed by atoms with van der Waals surface area (Å²) in [5, 5.41) is 1.27. The Morgan fingerprint density at radius 2 is 1.84 bits per heavy atom. The lowest BCUT2D eigenvalue weighted by Gasteiger charge is -2.26. The Morgan fingerprint density at radius 1 is 1.08 bits per heavy atom. The molecule has 2 heterocycles. The molecule has 2 aliphatic rings. The van der Waals surface area contributed by atoms with E-state index in [1.165, 1.54) is 29.4 Å². The Bertz CT molecular complexity index is 781. The van der Waals surface area contributed by atoms with Crippen molar-refractivity contribution in [3.8, 4) is 0 Å². The highest BCUT2D eigenvalue weighted by atomic mass is 35.5. The van der Waals surface area contributed by atoms with E-state index in [1.54, 1.807) is 0 Å². The molecule has 1 N–H and O–H groups in total. The third kappa shape index (κ3) is 4.08. The summed E-state index contributed by atoms with van der Waals surface area (Å²) in [6.07, 6.45) is 6.60. The van der Waals surface area contributed by atoms with E-state index in [9.17, 15) is 4.79 Å². The second-order valence-corrected chi connectivity index (χ2v) is 7.06. The van der Waals surface area contributed by atoms with Gasteiger partial charge in [-0.2, -0.15) is 0 Å². The highest BCUT2D eigenvalue weighted by Gasteiger charge is 2.16. The number of aromatic amines is 1. The quantitative estimate of drug-likeness (QED) is 0.909. The standard InChI is InChI=1S/C20H26N2O2.ClH/c23-20-17-6-2-1-5-16(17)18-14-15(7-8-19(18)21-20)4-3-9-22-10-12-24-13-11-22;/h7-8,14H,1-6,9-13H2,(H,21,23);1H. The molecule has 25 heavy (non-hydrogen) atoms. The summed E-state index contributed by atoms with van der Waals surface area (Å²) in [6.45, 7) is 5.01. The molecule has 0 radical (unpaired) electrons. The van der Waals surface area contributed by atoms with E-state index in [2.05, 4.69) is 28.1 Å². The van der Waals surface area contributed by atoms with Crippen LogP contribution in [0, 0.1) is 0 Å². The van der Waals surface area contributed by atoms with Gasteiger partial charge in [0.1, 0.15) is 0 Å². The molecule has 1 aromatic heterocycles. The van der Waals surface area contributed by atoms with Crippen molar-refractivity contribution in [3.05, 3.63) is 45.2 Å². The zero-order chi connectivity index (χ0) is 16.4. The number of rotatable bonds is 4. The van der Waals surface area contributed by atoms with Gasteiger partial charge in [0.15, 0.2) is 0 Å². The molecule has 0 atom stereocenters. The van der Waals surface area contributed by atoms with E-state index < -0.39 is 0 Å². The van der Waals surface area contributed by atoms with Crippen molar-refractivity contribution >= 4 is 23.3 Å². The molecule has 1 aliphatic carbocycles. The molecule has 4 rings (SSSR count). The van der Waals surface area contributed by atoms with Crippen molar-refractivity contribution in [1.82, 2.24) is 9.88 Å². The second-order valence-electron chi connectivity index (χ2n) is 7.06. The summed E-state index contributed by atoms with van der Waals surface area (Å²) >= 11 is 0.